The van der Waals surface area contributed by atoms with Crippen LogP contribution in [-0.4, -0.2) is 56.8 Å². The Morgan fingerprint density at radius 1 is 0.784 bits per heavy atom. The molecule has 266 valence electrons. The van der Waals surface area contributed by atoms with E-state index < -0.39 is 22.0 Å². The van der Waals surface area contributed by atoms with Gasteiger partial charge in [0.05, 0.1) is 11.7 Å². The van der Waals surface area contributed by atoms with Crippen molar-refractivity contribution in [2.75, 3.05) is 13.1 Å². The lowest BCUT2D eigenvalue weighted by atomic mass is 9.32. The van der Waals surface area contributed by atoms with Gasteiger partial charge < -0.3 is 15.3 Å². The topological polar surface area (TPSA) is 81.0 Å². The van der Waals surface area contributed by atoms with Crippen molar-refractivity contribution in [3.63, 3.8) is 0 Å². The zero-order valence-electron chi connectivity index (χ0n) is 30.2. The van der Waals surface area contributed by atoms with Crippen LogP contribution in [0.1, 0.15) is 93.1 Å². The molecule has 1 saturated heterocycles. The van der Waals surface area contributed by atoms with Gasteiger partial charge in [0.15, 0.2) is 5.78 Å². The van der Waals surface area contributed by atoms with Crippen molar-refractivity contribution >= 4 is 5.78 Å². The summed E-state index contributed by atoms with van der Waals surface area (Å²) in [6, 6.07) is 29.7. The van der Waals surface area contributed by atoms with Gasteiger partial charge in [0.2, 0.25) is 0 Å². The zero-order valence-corrected chi connectivity index (χ0v) is 30.2. The number of aliphatic hydroxyl groups excluding tert-OH is 1. The number of likely N-dealkylation sites (tertiary alicyclic amines) is 1. The minimum Gasteiger partial charge on any atom is -0.393 e. The molecule has 9 atom stereocenters. The number of allylic oxidation sites excluding steroid dienone is 4. The molecule has 3 N–H and O–H groups in total. The SMILES string of the molecule is CC12CCC(O)CC13C=CC1(C(C(=O)c4ccccc4)=C3)C2CCC2(C)C1CCC2(O)CN1CCCC1C(O)(c1ccccc1)c1ccccc1. The highest BCUT2D eigenvalue weighted by molar-refractivity contribution is 6.10. The summed E-state index contributed by atoms with van der Waals surface area (Å²) in [7, 11) is 0. The number of ketones is 1. The van der Waals surface area contributed by atoms with Crippen molar-refractivity contribution in [1.29, 1.82) is 0 Å². The van der Waals surface area contributed by atoms with Crippen molar-refractivity contribution in [3.8, 4) is 0 Å². The number of rotatable bonds is 7. The third-order valence-corrected chi connectivity index (χ3v) is 15.7. The van der Waals surface area contributed by atoms with Crippen LogP contribution in [0.5, 0.6) is 0 Å². The number of fused-ring (bicyclic) bond motifs is 1. The molecule has 3 aromatic rings. The third-order valence-electron chi connectivity index (χ3n) is 15.7. The normalized spacial score (nSPS) is 40.0. The minimum absolute atomic E-state index is 0.0641. The molecule has 10 rings (SSSR count). The Labute approximate surface area is 303 Å². The van der Waals surface area contributed by atoms with Gasteiger partial charge in [0, 0.05) is 40.0 Å². The van der Waals surface area contributed by atoms with E-state index in [0.29, 0.717) is 24.9 Å². The molecule has 3 aromatic carbocycles. The Bertz CT molecular complexity index is 1830. The Morgan fingerprint density at radius 2 is 1.37 bits per heavy atom. The average Bonchev–Trinajstić information content (AvgIpc) is 3.73. The number of benzene rings is 3. The maximum atomic E-state index is 14.8. The fraction of sp³-hybridized carbons (Fsp3) is 0.500. The number of carbonyl (C=O) groups is 1. The van der Waals surface area contributed by atoms with Crippen LogP contribution in [0.15, 0.2) is 115 Å². The largest absolute Gasteiger partial charge is 0.393 e. The van der Waals surface area contributed by atoms with Gasteiger partial charge >= 0.3 is 0 Å². The molecule has 6 aliphatic carbocycles. The average molecular weight is 684 g/mol. The number of carbonyl (C=O) groups excluding carboxylic acids is 1. The number of nitrogens with zero attached hydrogens (tertiary/aromatic N) is 1. The fourth-order valence-electron chi connectivity index (χ4n) is 13.1. The van der Waals surface area contributed by atoms with Crippen LogP contribution < -0.4 is 0 Å². The van der Waals surface area contributed by atoms with Crippen molar-refractivity contribution in [1.82, 2.24) is 4.90 Å². The van der Waals surface area contributed by atoms with E-state index in [0.717, 1.165) is 68.2 Å². The van der Waals surface area contributed by atoms with E-state index in [2.05, 4.69) is 37.0 Å². The smallest absolute Gasteiger partial charge is 0.189 e. The van der Waals surface area contributed by atoms with E-state index in [1.165, 1.54) is 0 Å². The highest BCUT2D eigenvalue weighted by Gasteiger charge is 2.74. The Morgan fingerprint density at radius 3 is 2.04 bits per heavy atom. The first-order chi connectivity index (χ1) is 24.5. The summed E-state index contributed by atoms with van der Waals surface area (Å²) in [4.78, 5) is 17.2. The van der Waals surface area contributed by atoms with Crippen LogP contribution in [0, 0.1) is 33.5 Å². The molecule has 0 radical (unpaired) electrons. The molecular weight excluding hydrogens is 631 g/mol. The molecule has 0 aromatic heterocycles. The van der Waals surface area contributed by atoms with Crippen LogP contribution in [0.3, 0.4) is 0 Å². The van der Waals surface area contributed by atoms with Crippen molar-refractivity contribution < 1.29 is 20.1 Å². The second-order valence-corrected chi connectivity index (χ2v) is 17.6. The highest BCUT2D eigenvalue weighted by atomic mass is 16.3. The van der Waals surface area contributed by atoms with Crippen LogP contribution in [0.25, 0.3) is 0 Å². The van der Waals surface area contributed by atoms with E-state index in [4.69, 9.17) is 0 Å². The van der Waals surface area contributed by atoms with Gasteiger partial charge in [-0.25, -0.2) is 0 Å². The monoisotopic (exact) mass is 683 g/mol. The highest BCUT2D eigenvalue weighted by Crippen LogP contribution is 2.78. The molecule has 0 amide bonds. The van der Waals surface area contributed by atoms with Crippen molar-refractivity contribution in [3.05, 3.63) is 131 Å². The molecule has 9 unspecified atom stereocenters. The number of aliphatic hydroxyl groups is 3. The Balaban J connectivity index is 1.11. The summed E-state index contributed by atoms with van der Waals surface area (Å²) in [5, 5.41) is 37.1. The predicted octanol–water partition coefficient (Wildman–Crippen LogP) is 7.86. The van der Waals surface area contributed by atoms with E-state index >= 15 is 0 Å². The van der Waals surface area contributed by atoms with Crippen molar-refractivity contribution in [2.24, 2.45) is 33.5 Å². The summed E-state index contributed by atoms with van der Waals surface area (Å²) in [5.41, 5.74) is -0.156. The van der Waals surface area contributed by atoms with Gasteiger partial charge in [-0.3, -0.25) is 9.69 Å². The van der Waals surface area contributed by atoms with Gasteiger partial charge in [-0.2, -0.15) is 0 Å². The van der Waals surface area contributed by atoms with Gasteiger partial charge in [-0.05, 0) is 92.7 Å². The number of β-amino-alcohol motifs (C(OH)–C–C–N with tert-alkyl or cyclic N) is 1. The molecule has 1 heterocycles. The molecule has 7 aliphatic rings. The second kappa shape index (κ2) is 11.6. The standard InChI is InChI=1S/C46H53NO4/c1-41-23-20-35(48)29-43(41)26-27-45(36(30-43)40(49)32-13-6-3-7-14-32)37(41)21-24-42(2)38(45)22-25-44(42,50)31-47-28-12-19-39(47)46(51,33-15-8-4-9-16-33)34-17-10-5-11-18-34/h3-11,13-18,26-27,30,35,37-39,48,50-51H,12,19-25,28-29,31H2,1-2H3. The molecular formula is C46H53NO4. The molecule has 4 fully saturated rings. The van der Waals surface area contributed by atoms with E-state index in [9.17, 15) is 20.1 Å². The summed E-state index contributed by atoms with van der Waals surface area (Å²) in [6.45, 7) is 6.08. The van der Waals surface area contributed by atoms with Gasteiger partial charge in [0.25, 0.3) is 0 Å². The fourth-order valence-corrected chi connectivity index (χ4v) is 13.1. The first-order valence-electron chi connectivity index (χ1n) is 19.5. The van der Waals surface area contributed by atoms with Crippen LogP contribution >= 0.6 is 0 Å². The number of Topliss-reactive ketones (excluding diaryl/α,β-unsaturated/α-hetero) is 1. The summed E-state index contributed by atoms with van der Waals surface area (Å²) in [5.74, 6) is 0.451. The lowest BCUT2D eigenvalue weighted by Gasteiger charge is -2.71. The minimum atomic E-state index is -1.22. The molecule has 2 spiro atoms. The first kappa shape index (κ1) is 33.5. The van der Waals surface area contributed by atoms with E-state index in [-0.39, 0.29) is 40.6 Å². The lowest BCUT2D eigenvalue weighted by molar-refractivity contribution is -0.178. The van der Waals surface area contributed by atoms with Gasteiger partial charge in [-0.1, -0.05) is 123 Å². The maximum Gasteiger partial charge on any atom is 0.189 e. The van der Waals surface area contributed by atoms with E-state index in [1.54, 1.807) is 0 Å². The van der Waals surface area contributed by atoms with Crippen LogP contribution in [0.4, 0.5) is 0 Å². The second-order valence-electron chi connectivity index (χ2n) is 17.6. The maximum absolute atomic E-state index is 14.8. The Kier molecular flexibility index (Phi) is 7.60. The molecule has 5 nitrogen and oxygen atoms in total. The molecule has 51 heavy (non-hydrogen) atoms. The molecule has 3 saturated carbocycles. The molecule has 1 aliphatic heterocycles. The lowest BCUT2D eigenvalue weighted by Crippen LogP contribution is -2.67. The van der Waals surface area contributed by atoms with Gasteiger partial charge in [-0.15, -0.1) is 0 Å². The van der Waals surface area contributed by atoms with Crippen LogP contribution in [0.2, 0.25) is 0 Å². The Hall–Kier alpha value is -3.35. The van der Waals surface area contributed by atoms with E-state index in [1.807, 2.05) is 91.0 Å². The third kappa shape index (κ3) is 4.44. The summed E-state index contributed by atoms with van der Waals surface area (Å²) in [6.07, 6.45) is 14.3. The summed E-state index contributed by atoms with van der Waals surface area (Å²) < 4.78 is 0. The van der Waals surface area contributed by atoms with Crippen molar-refractivity contribution in [2.45, 2.75) is 95.0 Å². The quantitative estimate of drug-likeness (QED) is 0.175. The van der Waals surface area contributed by atoms with Crippen LogP contribution in [-0.2, 0) is 5.60 Å². The number of hydrogen-bond acceptors (Lipinski definition) is 5. The first-order valence-corrected chi connectivity index (χ1v) is 19.5. The molecule has 2 bridgehead atoms. The zero-order chi connectivity index (χ0) is 35.3. The molecule has 5 heteroatoms. The predicted molar refractivity (Wildman–Crippen MR) is 200 cm³/mol. The number of hydrogen-bond donors (Lipinski definition) is 3. The van der Waals surface area contributed by atoms with Gasteiger partial charge in [0.1, 0.15) is 5.60 Å². The summed E-state index contributed by atoms with van der Waals surface area (Å²) >= 11 is 0.